The van der Waals surface area contributed by atoms with Crippen molar-refractivity contribution >= 4 is 5.69 Å². The molecule has 0 heterocycles. The molecule has 0 aliphatic rings. The number of nitrogens with zero attached hydrogens (tertiary/aromatic N) is 1. The van der Waals surface area contributed by atoms with Gasteiger partial charge in [0.2, 0.25) is 0 Å². The minimum absolute atomic E-state index is 0.333. The number of hydrogen-bond donors (Lipinski definition) is 1. The molecule has 0 atom stereocenters. The summed E-state index contributed by atoms with van der Waals surface area (Å²) in [5, 5.41) is 11.6. The van der Waals surface area contributed by atoms with E-state index in [0.717, 1.165) is 19.4 Å². The zero-order valence-electron chi connectivity index (χ0n) is 10.0. The van der Waals surface area contributed by atoms with E-state index in [4.69, 9.17) is 10.00 Å². The van der Waals surface area contributed by atoms with E-state index in [0.29, 0.717) is 24.4 Å². The molecular formula is C13H17FN2O. The van der Waals surface area contributed by atoms with Gasteiger partial charge < -0.3 is 10.1 Å². The fourth-order valence-electron chi connectivity index (χ4n) is 1.37. The van der Waals surface area contributed by atoms with Crippen molar-refractivity contribution in [3.05, 3.63) is 29.6 Å². The molecule has 0 aliphatic heterocycles. The average molecular weight is 236 g/mol. The van der Waals surface area contributed by atoms with E-state index in [1.165, 1.54) is 6.07 Å². The highest BCUT2D eigenvalue weighted by molar-refractivity contribution is 5.48. The average Bonchev–Trinajstić information content (AvgIpc) is 2.35. The molecule has 0 aliphatic carbocycles. The summed E-state index contributed by atoms with van der Waals surface area (Å²) >= 11 is 0. The molecule has 4 heteroatoms. The van der Waals surface area contributed by atoms with Crippen LogP contribution in [0.15, 0.2) is 18.2 Å². The minimum atomic E-state index is -0.390. The van der Waals surface area contributed by atoms with Gasteiger partial charge in [0.25, 0.3) is 0 Å². The van der Waals surface area contributed by atoms with Gasteiger partial charge >= 0.3 is 0 Å². The van der Waals surface area contributed by atoms with Gasteiger partial charge in [0.15, 0.2) is 0 Å². The molecule has 1 aromatic rings. The summed E-state index contributed by atoms with van der Waals surface area (Å²) in [4.78, 5) is 0. The van der Waals surface area contributed by atoms with Crippen LogP contribution in [0.25, 0.3) is 0 Å². The Balaban J connectivity index is 2.30. The van der Waals surface area contributed by atoms with E-state index in [1.807, 2.05) is 6.07 Å². The van der Waals surface area contributed by atoms with Crippen LogP contribution in [-0.4, -0.2) is 19.8 Å². The van der Waals surface area contributed by atoms with Crippen molar-refractivity contribution < 1.29 is 9.13 Å². The van der Waals surface area contributed by atoms with Crippen molar-refractivity contribution in [3.63, 3.8) is 0 Å². The molecule has 0 amide bonds. The Hall–Kier alpha value is -1.60. The number of rotatable bonds is 7. The maximum Gasteiger partial charge on any atom is 0.147 e. The van der Waals surface area contributed by atoms with Crippen LogP contribution in [0.5, 0.6) is 0 Å². The Morgan fingerprint density at radius 3 is 2.88 bits per heavy atom. The second kappa shape index (κ2) is 7.64. The van der Waals surface area contributed by atoms with Gasteiger partial charge in [0, 0.05) is 19.8 Å². The summed E-state index contributed by atoms with van der Waals surface area (Å²) in [6, 6.07) is 6.31. The molecule has 3 nitrogen and oxygen atoms in total. The van der Waals surface area contributed by atoms with E-state index in [1.54, 1.807) is 12.1 Å². The van der Waals surface area contributed by atoms with Crippen molar-refractivity contribution in [1.29, 1.82) is 5.26 Å². The first-order valence-corrected chi connectivity index (χ1v) is 5.79. The number of benzene rings is 1. The lowest BCUT2D eigenvalue weighted by molar-refractivity contribution is 0.134. The Bertz CT molecular complexity index is 387. The molecule has 0 aromatic heterocycles. The third-order valence-corrected chi connectivity index (χ3v) is 2.23. The molecule has 1 rings (SSSR count). The van der Waals surface area contributed by atoms with Gasteiger partial charge in [-0.2, -0.15) is 5.26 Å². The third-order valence-electron chi connectivity index (χ3n) is 2.23. The van der Waals surface area contributed by atoms with Crippen LogP contribution in [0, 0.1) is 17.1 Å². The zero-order chi connectivity index (χ0) is 12.5. The first-order chi connectivity index (χ1) is 8.27. The number of anilines is 1. The van der Waals surface area contributed by atoms with Crippen molar-refractivity contribution in [2.75, 3.05) is 25.1 Å². The van der Waals surface area contributed by atoms with Crippen molar-refractivity contribution in [2.24, 2.45) is 0 Å². The van der Waals surface area contributed by atoms with Gasteiger partial charge in [-0.1, -0.05) is 6.92 Å². The van der Waals surface area contributed by atoms with Gasteiger partial charge in [-0.3, -0.25) is 0 Å². The Morgan fingerprint density at radius 1 is 1.41 bits per heavy atom. The van der Waals surface area contributed by atoms with Gasteiger partial charge in [-0.25, -0.2) is 4.39 Å². The van der Waals surface area contributed by atoms with Crippen LogP contribution in [0.4, 0.5) is 10.1 Å². The molecule has 1 aromatic carbocycles. The summed E-state index contributed by atoms with van der Waals surface area (Å²) < 4.78 is 18.7. The topological polar surface area (TPSA) is 45.0 Å². The summed E-state index contributed by atoms with van der Waals surface area (Å²) in [5.41, 5.74) is 0.763. The van der Waals surface area contributed by atoms with Gasteiger partial charge in [-0.15, -0.1) is 0 Å². The highest BCUT2D eigenvalue weighted by Gasteiger charge is 2.02. The van der Waals surface area contributed by atoms with Crippen LogP contribution in [0.2, 0.25) is 0 Å². The highest BCUT2D eigenvalue weighted by Crippen LogP contribution is 2.15. The van der Waals surface area contributed by atoms with Gasteiger partial charge in [-0.05, 0) is 31.0 Å². The van der Waals surface area contributed by atoms with Gasteiger partial charge in [0.05, 0.1) is 17.3 Å². The van der Waals surface area contributed by atoms with Crippen LogP contribution < -0.4 is 5.32 Å². The zero-order valence-corrected chi connectivity index (χ0v) is 10.0. The minimum Gasteiger partial charge on any atom is -0.383 e. The fraction of sp³-hybridized carbons (Fsp3) is 0.462. The first-order valence-electron chi connectivity index (χ1n) is 5.79. The maximum absolute atomic E-state index is 13.4. The second-order valence-corrected chi connectivity index (χ2v) is 3.70. The summed E-state index contributed by atoms with van der Waals surface area (Å²) in [6.45, 7) is 4.17. The number of ether oxygens (including phenoxy) is 1. The molecule has 0 fully saturated rings. The quantitative estimate of drug-likeness (QED) is 0.740. The second-order valence-electron chi connectivity index (χ2n) is 3.70. The molecule has 0 radical (unpaired) electrons. The lowest BCUT2D eigenvalue weighted by atomic mass is 10.2. The smallest absolute Gasteiger partial charge is 0.147 e. The van der Waals surface area contributed by atoms with Crippen molar-refractivity contribution in [1.82, 2.24) is 0 Å². The van der Waals surface area contributed by atoms with Crippen LogP contribution in [-0.2, 0) is 4.74 Å². The number of nitriles is 1. The SMILES string of the molecule is CCCOCCCNc1ccc(C#N)cc1F. The Morgan fingerprint density at radius 2 is 2.24 bits per heavy atom. The molecular weight excluding hydrogens is 219 g/mol. The third kappa shape index (κ3) is 4.83. The first kappa shape index (κ1) is 13.5. The van der Waals surface area contributed by atoms with E-state index in [9.17, 15) is 4.39 Å². The van der Waals surface area contributed by atoms with E-state index < -0.39 is 5.82 Å². The fourth-order valence-corrected chi connectivity index (χ4v) is 1.37. The lowest BCUT2D eigenvalue weighted by Crippen LogP contribution is -2.07. The predicted molar refractivity (Wildman–Crippen MR) is 65.3 cm³/mol. The van der Waals surface area contributed by atoms with Crippen molar-refractivity contribution in [2.45, 2.75) is 19.8 Å². The Labute approximate surface area is 101 Å². The standard InChI is InChI=1S/C13H17FN2O/c1-2-7-17-8-3-6-16-13-5-4-11(10-15)9-12(13)14/h4-5,9,16H,2-3,6-8H2,1H3. The monoisotopic (exact) mass is 236 g/mol. The molecule has 0 saturated heterocycles. The van der Waals surface area contributed by atoms with E-state index in [2.05, 4.69) is 12.2 Å². The predicted octanol–water partition coefficient (Wildman–Crippen LogP) is 2.93. The maximum atomic E-state index is 13.4. The van der Waals surface area contributed by atoms with Crippen molar-refractivity contribution in [3.8, 4) is 6.07 Å². The van der Waals surface area contributed by atoms with Gasteiger partial charge in [0.1, 0.15) is 5.82 Å². The summed E-state index contributed by atoms with van der Waals surface area (Å²) in [5.74, 6) is -0.390. The summed E-state index contributed by atoms with van der Waals surface area (Å²) in [7, 11) is 0. The van der Waals surface area contributed by atoms with E-state index in [-0.39, 0.29) is 0 Å². The van der Waals surface area contributed by atoms with E-state index >= 15 is 0 Å². The molecule has 0 unspecified atom stereocenters. The molecule has 92 valence electrons. The molecule has 0 saturated carbocycles. The van der Waals surface area contributed by atoms with Crippen LogP contribution in [0.3, 0.4) is 0 Å². The molecule has 0 bridgehead atoms. The number of halogens is 1. The highest BCUT2D eigenvalue weighted by atomic mass is 19.1. The van der Waals surface area contributed by atoms with Crippen LogP contribution >= 0.6 is 0 Å². The number of hydrogen-bond acceptors (Lipinski definition) is 3. The normalized spacial score (nSPS) is 9.94. The molecule has 0 spiro atoms. The Kier molecular flexibility index (Phi) is 6.05. The lowest BCUT2D eigenvalue weighted by Gasteiger charge is -2.07. The molecule has 1 N–H and O–H groups in total. The largest absolute Gasteiger partial charge is 0.383 e. The number of nitrogens with one attached hydrogen (secondary N) is 1. The molecule has 17 heavy (non-hydrogen) atoms. The summed E-state index contributed by atoms with van der Waals surface area (Å²) in [6.07, 6.45) is 1.84. The van der Waals surface area contributed by atoms with Crippen LogP contribution in [0.1, 0.15) is 25.3 Å².